The summed E-state index contributed by atoms with van der Waals surface area (Å²) in [5.74, 6) is 0. The first kappa shape index (κ1) is 12.0. The van der Waals surface area contributed by atoms with Gasteiger partial charge < -0.3 is 5.32 Å². The molecular weight excluding hydrogens is 258 g/mol. The summed E-state index contributed by atoms with van der Waals surface area (Å²) in [4.78, 5) is 26.7. The van der Waals surface area contributed by atoms with Crippen LogP contribution in [0.15, 0.2) is 53.8 Å². The Kier molecular flexibility index (Phi) is 2.92. The molecule has 3 N–H and O–H groups in total. The van der Waals surface area contributed by atoms with Gasteiger partial charge in [0.2, 0.25) is 0 Å². The molecule has 0 saturated heterocycles. The quantitative estimate of drug-likeness (QED) is 0.660. The van der Waals surface area contributed by atoms with Crippen LogP contribution in [0.25, 0.3) is 11.3 Å². The maximum absolute atomic E-state index is 11.8. The molecule has 0 aliphatic rings. The van der Waals surface area contributed by atoms with Gasteiger partial charge in [0.25, 0.3) is 5.56 Å². The predicted molar refractivity (Wildman–Crippen MR) is 73.5 cm³/mol. The van der Waals surface area contributed by atoms with E-state index in [1.165, 1.54) is 23.2 Å². The van der Waals surface area contributed by atoms with Crippen LogP contribution in [0.1, 0.15) is 0 Å². The van der Waals surface area contributed by atoms with Gasteiger partial charge in [-0.25, -0.2) is 9.78 Å². The second-order valence-electron chi connectivity index (χ2n) is 4.15. The van der Waals surface area contributed by atoms with E-state index >= 15 is 0 Å². The molecule has 0 fully saturated rings. The smallest absolute Gasteiger partial charge is 0.307 e. The third-order valence-electron chi connectivity index (χ3n) is 2.78. The van der Waals surface area contributed by atoms with Crippen molar-refractivity contribution in [3.05, 3.63) is 59.4 Å². The highest BCUT2D eigenvalue weighted by molar-refractivity contribution is 5.91. The number of hydrogen-bond acceptors (Lipinski definition) is 3. The van der Waals surface area contributed by atoms with E-state index in [0.717, 1.165) is 5.56 Å². The topological polar surface area (TPSA) is 95.6 Å². The van der Waals surface area contributed by atoms with Crippen LogP contribution in [-0.2, 0) is 0 Å². The van der Waals surface area contributed by atoms with Gasteiger partial charge in [0.1, 0.15) is 6.33 Å². The van der Waals surface area contributed by atoms with Gasteiger partial charge in [-0.2, -0.15) is 0 Å². The lowest BCUT2D eigenvalue weighted by atomic mass is 10.1. The Morgan fingerprint density at radius 1 is 1.20 bits per heavy atom. The summed E-state index contributed by atoms with van der Waals surface area (Å²) in [5, 5.41) is 7.97. The van der Waals surface area contributed by atoms with E-state index in [0.29, 0.717) is 11.4 Å². The number of H-pyrrole nitrogens is 2. The largest absolute Gasteiger partial charge is 0.331 e. The molecule has 20 heavy (non-hydrogen) atoms. The second-order valence-corrected chi connectivity index (χ2v) is 4.15. The van der Waals surface area contributed by atoms with E-state index in [1.807, 2.05) is 12.1 Å². The van der Waals surface area contributed by atoms with Gasteiger partial charge in [0.15, 0.2) is 0 Å². The first-order chi connectivity index (χ1) is 9.72. The third kappa shape index (κ3) is 2.37. The van der Waals surface area contributed by atoms with E-state index < -0.39 is 0 Å². The van der Waals surface area contributed by atoms with Gasteiger partial charge in [-0.1, -0.05) is 12.1 Å². The molecule has 0 aliphatic heterocycles. The summed E-state index contributed by atoms with van der Waals surface area (Å²) >= 11 is 0. The minimum atomic E-state index is -0.287. The maximum atomic E-state index is 11.8. The van der Waals surface area contributed by atoms with Crippen LogP contribution < -0.4 is 10.9 Å². The number of nitrogens with zero attached hydrogens (tertiary/aromatic N) is 2. The molecule has 0 unspecified atom stereocenters. The van der Waals surface area contributed by atoms with Crippen molar-refractivity contribution in [2.75, 3.05) is 5.32 Å². The van der Waals surface area contributed by atoms with Gasteiger partial charge in [-0.15, -0.1) is 0 Å². The lowest BCUT2D eigenvalue weighted by Crippen LogP contribution is -2.17. The lowest BCUT2D eigenvalue weighted by Gasteiger charge is -2.05. The lowest BCUT2D eigenvalue weighted by molar-refractivity contribution is 0.253. The van der Waals surface area contributed by atoms with Crippen LogP contribution in [0, 0.1) is 0 Å². The zero-order chi connectivity index (χ0) is 13.9. The maximum Gasteiger partial charge on any atom is 0.331 e. The highest BCUT2D eigenvalue weighted by Gasteiger charge is 2.05. The van der Waals surface area contributed by atoms with Gasteiger partial charge in [0, 0.05) is 24.1 Å². The zero-order valence-electron chi connectivity index (χ0n) is 10.3. The molecule has 100 valence electrons. The van der Waals surface area contributed by atoms with E-state index in [-0.39, 0.29) is 11.6 Å². The van der Waals surface area contributed by atoms with Gasteiger partial charge >= 0.3 is 6.03 Å². The number of benzene rings is 1. The summed E-state index contributed by atoms with van der Waals surface area (Å²) in [5.41, 5.74) is 2.02. The van der Waals surface area contributed by atoms with Crippen molar-refractivity contribution in [1.82, 2.24) is 19.7 Å². The van der Waals surface area contributed by atoms with Crippen molar-refractivity contribution in [3.63, 3.8) is 0 Å². The van der Waals surface area contributed by atoms with Crippen molar-refractivity contribution in [1.29, 1.82) is 0 Å². The summed E-state index contributed by atoms with van der Waals surface area (Å²) < 4.78 is 1.34. The van der Waals surface area contributed by atoms with Crippen LogP contribution >= 0.6 is 0 Å². The molecule has 0 saturated carbocycles. The highest BCUT2D eigenvalue weighted by Crippen LogP contribution is 2.18. The Bertz CT molecular complexity index is 768. The molecule has 2 aromatic heterocycles. The summed E-state index contributed by atoms with van der Waals surface area (Å²) in [6, 6.07) is 8.32. The molecule has 7 nitrogen and oxygen atoms in total. The highest BCUT2D eigenvalue weighted by atomic mass is 16.2. The Morgan fingerprint density at radius 2 is 2.00 bits per heavy atom. The molecule has 0 radical (unpaired) electrons. The molecule has 3 aromatic rings. The van der Waals surface area contributed by atoms with Crippen LogP contribution in [0.5, 0.6) is 0 Å². The Balaban J connectivity index is 1.76. The van der Waals surface area contributed by atoms with Crippen molar-refractivity contribution in [3.8, 4) is 11.3 Å². The molecule has 1 aromatic carbocycles. The monoisotopic (exact) mass is 269 g/mol. The minimum absolute atomic E-state index is 0.183. The van der Waals surface area contributed by atoms with Crippen molar-refractivity contribution in [2.24, 2.45) is 0 Å². The number of hydrogen-bond donors (Lipinski definition) is 3. The predicted octanol–water partition coefficient (Wildman–Crippen LogP) is 1.65. The Hall–Kier alpha value is -3.09. The number of aromatic amines is 2. The second kappa shape index (κ2) is 4.88. The Morgan fingerprint density at radius 3 is 2.60 bits per heavy atom. The van der Waals surface area contributed by atoms with Gasteiger partial charge in [-0.05, 0) is 17.7 Å². The third-order valence-corrected chi connectivity index (χ3v) is 2.78. The summed E-state index contributed by atoms with van der Waals surface area (Å²) in [6.45, 7) is 0. The van der Waals surface area contributed by atoms with Crippen molar-refractivity contribution >= 4 is 11.7 Å². The van der Waals surface area contributed by atoms with Crippen LogP contribution in [0.4, 0.5) is 10.5 Å². The Labute approximate surface area is 113 Å². The minimum Gasteiger partial charge on any atom is -0.307 e. The van der Waals surface area contributed by atoms with Crippen LogP contribution in [0.2, 0.25) is 0 Å². The van der Waals surface area contributed by atoms with Crippen LogP contribution in [0.3, 0.4) is 0 Å². The standard InChI is InChI=1S/C13H11N5O2/c19-12-7-11(16-17-12)9-1-3-10(4-2-9)15-13(20)18-6-5-14-8-18/h1-8H,(H,15,20)(H2,16,17,19). The fraction of sp³-hybridized carbons (Fsp3) is 0. The average molecular weight is 269 g/mol. The summed E-state index contributed by atoms with van der Waals surface area (Å²) in [7, 11) is 0. The molecule has 1 amide bonds. The number of anilines is 1. The number of imidazole rings is 1. The number of amides is 1. The fourth-order valence-corrected chi connectivity index (χ4v) is 1.79. The van der Waals surface area contributed by atoms with Crippen molar-refractivity contribution in [2.45, 2.75) is 0 Å². The van der Waals surface area contributed by atoms with Crippen molar-refractivity contribution < 1.29 is 4.79 Å². The molecule has 0 spiro atoms. The number of carbonyl (C=O) groups excluding carboxylic acids is 1. The van der Waals surface area contributed by atoms with Gasteiger partial charge in [0.05, 0.1) is 5.69 Å². The number of rotatable bonds is 2. The molecule has 0 bridgehead atoms. The molecule has 7 heteroatoms. The fourth-order valence-electron chi connectivity index (χ4n) is 1.79. The average Bonchev–Trinajstić information content (AvgIpc) is 3.10. The SMILES string of the molecule is O=C(Nc1ccc(-c2cc(=O)[nH][nH]2)cc1)n1ccnc1. The first-order valence-corrected chi connectivity index (χ1v) is 5.90. The van der Waals surface area contributed by atoms with Crippen LogP contribution in [-0.4, -0.2) is 25.8 Å². The molecule has 0 atom stereocenters. The summed E-state index contributed by atoms with van der Waals surface area (Å²) in [6.07, 6.45) is 4.52. The van der Waals surface area contributed by atoms with E-state index in [1.54, 1.807) is 18.3 Å². The van der Waals surface area contributed by atoms with E-state index in [9.17, 15) is 9.59 Å². The molecular formula is C13H11N5O2. The van der Waals surface area contributed by atoms with Gasteiger partial charge in [-0.3, -0.25) is 19.6 Å². The molecule has 0 aliphatic carbocycles. The molecule has 2 heterocycles. The van der Waals surface area contributed by atoms with E-state index in [4.69, 9.17) is 0 Å². The zero-order valence-corrected chi connectivity index (χ0v) is 10.3. The number of aromatic nitrogens is 4. The number of nitrogens with one attached hydrogen (secondary N) is 3. The van der Waals surface area contributed by atoms with E-state index in [2.05, 4.69) is 20.5 Å². The normalized spacial score (nSPS) is 10.4. The number of carbonyl (C=O) groups is 1. The molecule has 3 rings (SSSR count). The first-order valence-electron chi connectivity index (χ1n) is 5.90.